The van der Waals surface area contributed by atoms with Gasteiger partial charge in [0, 0.05) is 18.7 Å². The van der Waals surface area contributed by atoms with Crippen LogP contribution in [-0.4, -0.2) is 43.3 Å². The quantitative estimate of drug-likeness (QED) is 0.196. The highest BCUT2D eigenvalue weighted by Gasteiger charge is 2.34. The van der Waals surface area contributed by atoms with Gasteiger partial charge in [0.25, 0.3) is 0 Å². The summed E-state index contributed by atoms with van der Waals surface area (Å²) in [6.45, 7) is 6.60. The van der Waals surface area contributed by atoms with Crippen molar-refractivity contribution in [3.05, 3.63) is 89.6 Å². The zero-order chi connectivity index (χ0) is 31.3. The average molecular weight is 618 g/mol. The lowest BCUT2D eigenvalue weighted by Crippen LogP contribution is -2.47. The van der Waals surface area contributed by atoms with Crippen molar-refractivity contribution in [2.75, 3.05) is 5.75 Å². The molecular formula is C34H40FN5O3S. The number of thioether (sulfide) groups is 1. The first-order valence-corrected chi connectivity index (χ1v) is 16.1. The van der Waals surface area contributed by atoms with Gasteiger partial charge in [-0.1, -0.05) is 88.2 Å². The zero-order valence-electron chi connectivity index (χ0n) is 25.8. The third-order valence-corrected chi connectivity index (χ3v) is 9.10. The summed E-state index contributed by atoms with van der Waals surface area (Å²) in [6, 6.07) is 16.6. The number of aromatic nitrogens is 3. The lowest BCUT2D eigenvalue weighted by Gasteiger charge is -2.33. The molecule has 10 heteroatoms. The van der Waals surface area contributed by atoms with Crippen molar-refractivity contribution < 1.29 is 18.4 Å². The van der Waals surface area contributed by atoms with Gasteiger partial charge in [-0.15, -0.1) is 10.2 Å². The van der Waals surface area contributed by atoms with E-state index in [2.05, 4.69) is 48.4 Å². The van der Waals surface area contributed by atoms with Crippen molar-refractivity contribution in [3.63, 3.8) is 0 Å². The van der Waals surface area contributed by atoms with Crippen LogP contribution in [0.4, 0.5) is 4.39 Å². The topological polar surface area (TPSA) is 93.3 Å². The second-order valence-electron chi connectivity index (χ2n) is 12.4. The molecule has 0 saturated heterocycles. The molecule has 0 bridgehead atoms. The minimum Gasteiger partial charge on any atom is -0.467 e. The van der Waals surface area contributed by atoms with E-state index in [4.69, 9.17) is 4.42 Å². The van der Waals surface area contributed by atoms with E-state index >= 15 is 0 Å². The zero-order valence-corrected chi connectivity index (χ0v) is 26.6. The monoisotopic (exact) mass is 617 g/mol. The maximum Gasteiger partial charge on any atom is 0.247 e. The third-order valence-electron chi connectivity index (χ3n) is 8.09. The molecule has 1 aliphatic rings. The van der Waals surface area contributed by atoms with Crippen molar-refractivity contribution in [1.29, 1.82) is 0 Å². The van der Waals surface area contributed by atoms with E-state index in [-0.39, 0.29) is 35.6 Å². The summed E-state index contributed by atoms with van der Waals surface area (Å²) in [7, 11) is 1.87. The Labute approximate surface area is 262 Å². The summed E-state index contributed by atoms with van der Waals surface area (Å²) in [5.41, 5.74) is 2.73. The Morgan fingerprint density at radius 2 is 1.75 bits per heavy atom. The molecule has 2 aromatic carbocycles. The van der Waals surface area contributed by atoms with Crippen LogP contribution in [0.15, 0.2) is 76.5 Å². The molecule has 0 radical (unpaired) electrons. The van der Waals surface area contributed by atoms with Crippen molar-refractivity contribution in [1.82, 2.24) is 25.0 Å². The van der Waals surface area contributed by atoms with Gasteiger partial charge in [-0.2, -0.15) is 0 Å². The fourth-order valence-electron chi connectivity index (χ4n) is 5.56. The van der Waals surface area contributed by atoms with Gasteiger partial charge in [-0.25, -0.2) is 4.39 Å². The van der Waals surface area contributed by atoms with Crippen LogP contribution < -0.4 is 5.32 Å². The first kappa shape index (κ1) is 31.5. The number of hydrogen-bond acceptors (Lipinski definition) is 6. The Hall–Kier alpha value is -3.92. The van der Waals surface area contributed by atoms with Gasteiger partial charge < -0.3 is 19.2 Å². The highest BCUT2D eigenvalue weighted by atomic mass is 32.2. The van der Waals surface area contributed by atoms with E-state index in [1.54, 1.807) is 24.3 Å². The summed E-state index contributed by atoms with van der Waals surface area (Å²) in [4.78, 5) is 29.4. The van der Waals surface area contributed by atoms with Crippen LogP contribution in [0.3, 0.4) is 0 Å². The number of amides is 2. The maximum atomic E-state index is 14.0. The Balaban J connectivity index is 1.38. The molecule has 232 valence electrons. The average Bonchev–Trinajstić information content (AvgIpc) is 3.66. The fourth-order valence-corrected chi connectivity index (χ4v) is 6.36. The second kappa shape index (κ2) is 13.8. The van der Waals surface area contributed by atoms with Gasteiger partial charge in [0.05, 0.1) is 18.6 Å². The SMILES string of the molecule is Cn1c(SCC(=O)N(Cc2ccco2)[C@H](C(=O)NC2CCCCC2)c2ccc(F)cc2)nnc1-c1ccc(C(C)(C)C)cc1. The number of rotatable bonds is 10. The number of hydrogen-bond donors (Lipinski definition) is 1. The van der Waals surface area contributed by atoms with Crippen LogP contribution in [0.1, 0.15) is 75.8 Å². The van der Waals surface area contributed by atoms with Crippen molar-refractivity contribution in [3.8, 4) is 11.4 Å². The summed E-state index contributed by atoms with van der Waals surface area (Å²) in [5, 5.41) is 12.5. The van der Waals surface area contributed by atoms with Gasteiger partial charge >= 0.3 is 0 Å². The number of furan rings is 1. The largest absolute Gasteiger partial charge is 0.467 e. The van der Waals surface area contributed by atoms with E-state index < -0.39 is 11.9 Å². The predicted octanol–water partition coefficient (Wildman–Crippen LogP) is 6.82. The highest BCUT2D eigenvalue weighted by molar-refractivity contribution is 7.99. The molecule has 44 heavy (non-hydrogen) atoms. The molecular weight excluding hydrogens is 577 g/mol. The molecule has 0 aliphatic heterocycles. The van der Waals surface area contributed by atoms with E-state index in [1.165, 1.54) is 40.6 Å². The number of nitrogens with zero attached hydrogens (tertiary/aromatic N) is 4. The van der Waals surface area contributed by atoms with Crippen LogP contribution in [-0.2, 0) is 28.6 Å². The smallest absolute Gasteiger partial charge is 0.247 e. The van der Waals surface area contributed by atoms with Crippen molar-refractivity contribution in [2.24, 2.45) is 7.05 Å². The van der Waals surface area contributed by atoms with Gasteiger partial charge in [-0.05, 0) is 53.6 Å². The lowest BCUT2D eigenvalue weighted by molar-refractivity contribution is -0.140. The van der Waals surface area contributed by atoms with Crippen molar-refractivity contribution >= 4 is 23.6 Å². The molecule has 2 amide bonds. The number of carbonyl (C=O) groups excluding carboxylic acids is 2. The Kier molecular flexibility index (Phi) is 9.88. The molecule has 1 N–H and O–H groups in total. The van der Waals surface area contributed by atoms with E-state index in [1.807, 2.05) is 23.7 Å². The van der Waals surface area contributed by atoms with E-state index in [0.717, 1.165) is 37.7 Å². The third kappa shape index (κ3) is 7.59. The Bertz CT molecular complexity index is 1540. The molecule has 1 aliphatic carbocycles. The number of benzene rings is 2. The van der Waals surface area contributed by atoms with Gasteiger partial charge in [-0.3, -0.25) is 9.59 Å². The van der Waals surface area contributed by atoms with Gasteiger partial charge in [0.15, 0.2) is 11.0 Å². The van der Waals surface area contributed by atoms with E-state index in [9.17, 15) is 14.0 Å². The molecule has 8 nitrogen and oxygen atoms in total. The number of carbonyl (C=O) groups is 2. The minimum absolute atomic E-state index is 0.0179. The fraction of sp³-hybridized carbons (Fsp3) is 0.412. The first-order valence-electron chi connectivity index (χ1n) is 15.1. The molecule has 0 unspecified atom stereocenters. The van der Waals surface area contributed by atoms with Crippen molar-refractivity contribution in [2.45, 2.75) is 82.1 Å². The van der Waals surface area contributed by atoms with Crippen LogP contribution in [0.5, 0.6) is 0 Å². The summed E-state index contributed by atoms with van der Waals surface area (Å²) < 4.78 is 21.4. The minimum atomic E-state index is -0.966. The molecule has 2 aromatic heterocycles. The van der Waals surface area contributed by atoms with Crippen LogP contribution in [0, 0.1) is 5.82 Å². The van der Waals surface area contributed by atoms with Crippen LogP contribution in [0.25, 0.3) is 11.4 Å². The molecule has 2 heterocycles. The van der Waals surface area contributed by atoms with E-state index in [0.29, 0.717) is 22.3 Å². The van der Waals surface area contributed by atoms with Gasteiger partial charge in [0.1, 0.15) is 17.6 Å². The molecule has 1 fully saturated rings. The second-order valence-corrected chi connectivity index (χ2v) is 13.3. The van der Waals surface area contributed by atoms with Gasteiger partial charge in [0.2, 0.25) is 11.8 Å². The lowest BCUT2D eigenvalue weighted by atomic mass is 9.87. The number of halogens is 1. The molecule has 5 rings (SSSR count). The molecule has 0 spiro atoms. The number of nitrogens with one attached hydrogen (secondary N) is 1. The normalized spacial score (nSPS) is 14.8. The molecule has 1 saturated carbocycles. The standard InChI is InChI=1S/C34H40FN5O3S/c1-34(2,3)25-16-12-24(13-17-25)31-37-38-33(39(31)4)44-22-29(41)40(21-28-11-8-20-43-28)30(23-14-18-26(35)19-15-23)32(42)36-27-9-6-5-7-10-27/h8,11-20,27,30H,5-7,9-10,21-22H2,1-4H3,(H,36,42)/t30-/m0/s1. The highest BCUT2D eigenvalue weighted by Crippen LogP contribution is 2.30. The molecule has 4 aromatic rings. The summed E-state index contributed by atoms with van der Waals surface area (Å²) in [5.74, 6) is 0.284. The van der Waals surface area contributed by atoms with Crippen LogP contribution >= 0.6 is 11.8 Å². The summed E-state index contributed by atoms with van der Waals surface area (Å²) >= 11 is 1.26. The summed E-state index contributed by atoms with van der Waals surface area (Å²) in [6.07, 6.45) is 6.60. The van der Waals surface area contributed by atoms with Crippen LogP contribution in [0.2, 0.25) is 0 Å². The first-order chi connectivity index (χ1) is 21.1. The Morgan fingerprint density at radius 3 is 2.39 bits per heavy atom. The predicted molar refractivity (Wildman–Crippen MR) is 169 cm³/mol. The molecule has 1 atom stereocenters. The maximum absolute atomic E-state index is 14.0. The Morgan fingerprint density at radius 1 is 1.05 bits per heavy atom.